The molecular weight excluding hydrogens is 461 g/mol. The molecule has 1 aromatic heterocycles. The Labute approximate surface area is 180 Å². The molecule has 0 bridgehead atoms. The standard InChI is InChI=1S/C16H14ClF3N6.CH4O3S/c17-11-4-2-1-3-9(11)8-5-12-14(13(6-8)25-26-15(21)22)10(7-23-24-12)16(18,19)20;1-5(2,3)4/h1-4,7-8H,5-6H2,(H4,21,22,26);1H3,(H,2,3,4)/b25-13+;. The first-order valence-corrected chi connectivity index (χ1v) is 10.8. The average Bonchev–Trinajstić information content (AvgIpc) is 2.63. The number of halogens is 4. The number of guanidine groups is 1. The van der Waals surface area contributed by atoms with E-state index >= 15 is 0 Å². The third-order valence-corrected chi connectivity index (χ3v) is 4.40. The molecule has 3 rings (SSSR count). The first-order valence-electron chi connectivity index (χ1n) is 8.53. The van der Waals surface area contributed by atoms with E-state index in [0.29, 0.717) is 17.5 Å². The fourth-order valence-corrected chi connectivity index (χ4v) is 3.29. The van der Waals surface area contributed by atoms with Crippen LogP contribution in [0.15, 0.2) is 35.6 Å². The summed E-state index contributed by atoms with van der Waals surface area (Å²) in [7, 11) is -3.67. The molecule has 1 heterocycles. The molecule has 1 unspecified atom stereocenters. The molecule has 9 nitrogen and oxygen atoms in total. The summed E-state index contributed by atoms with van der Waals surface area (Å²) in [6, 6.07) is 7.11. The van der Waals surface area contributed by atoms with Gasteiger partial charge in [-0.1, -0.05) is 29.8 Å². The average molecular weight is 479 g/mol. The van der Waals surface area contributed by atoms with Crippen molar-refractivity contribution in [3.05, 3.63) is 57.9 Å². The summed E-state index contributed by atoms with van der Waals surface area (Å²) in [6.07, 6.45) is -2.78. The van der Waals surface area contributed by atoms with Gasteiger partial charge in [0.1, 0.15) is 0 Å². The van der Waals surface area contributed by atoms with Crippen LogP contribution in [0, 0.1) is 5.41 Å². The summed E-state index contributed by atoms with van der Waals surface area (Å²) in [5, 5.41) is 19.0. The van der Waals surface area contributed by atoms with Crippen molar-refractivity contribution in [2.24, 2.45) is 10.8 Å². The van der Waals surface area contributed by atoms with E-state index in [1.54, 1.807) is 18.2 Å². The van der Waals surface area contributed by atoms with Crippen molar-refractivity contribution < 1.29 is 26.1 Å². The smallest absolute Gasteiger partial charge is 0.369 e. The number of hydrazone groups is 1. The molecule has 0 amide bonds. The lowest BCUT2D eigenvalue weighted by Gasteiger charge is -2.27. The Morgan fingerprint density at radius 2 is 1.97 bits per heavy atom. The number of nitrogens with two attached hydrogens (primary N) is 1. The molecular formula is C17H18ClF3N6O3S. The van der Waals surface area contributed by atoms with Crippen LogP contribution in [0.2, 0.25) is 5.02 Å². The third kappa shape index (κ3) is 7.15. The molecule has 0 aliphatic heterocycles. The van der Waals surface area contributed by atoms with Crippen molar-refractivity contribution >= 4 is 33.4 Å². The van der Waals surface area contributed by atoms with Gasteiger partial charge in [-0.25, -0.2) is 5.43 Å². The lowest BCUT2D eigenvalue weighted by molar-refractivity contribution is -0.138. The number of alkyl halides is 3. The number of benzene rings is 1. The molecule has 14 heteroatoms. The van der Waals surface area contributed by atoms with Gasteiger partial charge in [-0.3, -0.25) is 9.96 Å². The zero-order chi connectivity index (χ0) is 23.4. The van der Waals surface area contributed by atoms with Gasteiger partial charge < -0.3 is 5.73 Å². The molecule has 5 N–H and O–H groups in total. The zero-order valence-corrected chi connectivity index (χ0v) is 17.6. The maximum atomic E-state index is 13.4. The number of hydrogen-bond donors (Lipinski definition) is 4. The van der Waals surface area contributed by atoms with Crippen molar-refractivity contribution in [2.45, 2.75) is 24.9 Å². The molecule has 1 aliphatic carbocycles. The maximum Gasteiger partial charge on any atom is 0.418 e. The summed E-state index contributed by atoms with van der Waals surface area (Å²) >= 11 is 6.24. The molecule has 0 spiro atoms. The van der Waals surface area contributed by atoms with Gasteiger partial charge in [-0.2, -0.15) is 36.9 Å². The molecule has 168 valence electrons. The van der Waals surface area contributed by atoms with Crippen molar-refractivity contribution in [1.82, 2.24) is 15.6 Å². The third-order valence-electron chi connectivity index (χ3n) is 4.05. The van der Waals surface area contributed by atoms with E-state index in [1.165, 1.54) is 0 Å². The number of nitrogens with one attached hydrogen (secondary N) is 2. The summed E-state index contributed by atoms with van der Waals surface area (Å²) in [5.41, 5.74) is 7.48. The predicted octanol–water partition coefficient (Wildman–Crippen LogP) is 2.57. The number of hydrogen-bond acceptors (Lipinski definition) is 6. The van der Waals surface area contributed by atoms with Crippen molar-refractivity contribution in [3.63, 3.8) is 0 Å². The second-order valence-corrected chi connectivity index (χ2v) is 8.39. The van der Waals surface area contributed by atoms with Gasteiger partial charge in [0.15, 0.2) is 0 Å². The Morgan fingerprint density at radius 1 is 1.35 bits per heavy atom. The first kappa shape index (κ1) is 24.5. The highest BCUT2D eigenvalue weighted by molar-refractivity contribution is 7.85. The molecule has 1 atom stereocenters. The van der Waals surface area contributed by atoms with E-state index in [2.05, 4.69) is 20.7 Å². The van der Waals surface area contributed by atoms with Crippen LogP contribution in [-0.2, 0) is 22.7 Å². The van der Waals surface area contributed by atoms with Gasteiger partial charge in [0.25, 0.3) is 10.1 Å². The zero-order valence-electron chi connectivity index (χ0n) is 16.0. The summed E-state index contributed by atoms with van der Waals surface area (Å²) < 4.78 is 66.1. The van der Waals surface area contributed by atoms with Crippen LogP contribution in [0.4, 0.5) is 13.2 Å². The van der Waals surface area contributed by atoms with Crippen LogP contribution in [0.1, 0.15) is 34.7 Å². The Morgan fingerprint density at radius 3 is 2.52 bits per heavy atom. The van der Waals surface area contributed by atoms with Gasteiger partial charge in [-0.05, 0) is 30.4 Å². The second-order valence-electron chi connectivity index (χ2n) is 6.52. The Kier molecular flexibility index (Phi) is 7.57. The van der Waals surface area contributed by atoms with Crippen LogP contribution >= 0.6 is 11.6 Å². The summed E-state index contributed by atoms with van der Waals surface area (Å²) in [5.74, 6) is -0.698. The minimum absolute atomic E-state index is 0.105. The van der Waals surface area contributed by atoms with E-state index in [-0.39, 0.29) is 35.7 Å². The first-order chi connectivity index (χ1) is 14.3. The van der Waals surface area contributed by atoms with Crippen LogP contribution in [0.5, 0.6) is 0 Å². The fraction of sp³-hybridized carbons (Fsp3) is 0.294. The largest absolute Gasteiger partial charge is 0.418 e. The van der Waals surface area contributed by atoms with E-state index < -0.39 is 27.8 Å². The van der Waals surface area contributed by atoms with Crippen molar-refractivity contribution in [3.8, 4) is 0 Å². The normalized spacial score (nSPS) is 17.4. The highest BCUT2D eigenvalue weighted by Crippen LogP contribution is 2.40. The van der Waals surface area contributed by atoms with Gasteiger partial charge in [0, 0.05) is 10.6 Å². The molecule has 0 radical (unpaired) electrons. The molecule has 0 saturated carbocycles. The SMILES string of the molecule is CS(=O)(=O)O.N=C(N)N/N=C1\CC(c2ccccc2Cl)Cc2nncc(C(F)(F)F)c21. The molecule has 31 heavy (non-hydrogen) atoms. The van der Waals surface area contributed by atoms with Crippen LogP contribution in [0.25, 0.3) is 0 Å². The van der Waals surface area contributed by atoms with E-state index in [1.807, 2.05) is 6.07 Å². The van der Waals surface area contributed by atoms with Crippen LogP contribution < -0.4 is 11.2 Å². The summed E-state index contributed by atoms with van der Waals surface area (Å²) in [6.45, 7) is 0. The molecule has 1 aromatic carbocycles. The molecule has 2 aromatic rings. The predicted molar refractivity (Wildman–Crippen MR) is 109 cm³/mol. The van der Waals surface area contributed by atoms with Gasteiger partial charge in [0.05, 0.1) is 29.4 Å². The molecule has 0 saturated heterocycles. The minimum Gasteiger partial charge on any atom is -0.369 e. The number of aromatic nitrogens is 2. The Balaban J connectivity index is 0.000000614. The topological polar surface area (TPSA) is 154 Å². The minimum atomic E-state index is -4.60. The maximum absolute atomic E-state index is 13.4. The Hall–Kier alpha value is -2.77. The van der Waals surface area contributed by atoms with E-state index in [9.17, 15) is 21.6 Å². The van der Waals surface area contributed by atoms with Gasteiger partial charge in [-0.15, -0.1) is 0 Å². The van der Waals surface area contributed by atoms with E-state index in [4.69, 9.17) is 27.3 Å². The molecule has 0 fully saturated rings. The monoisotopic (exact) mass is 478 g/mol. The highest BCUT2D eigenvalue weighted by Gasteiger charge is 2.39. The van der Waals surface area contributed by atoms with Crippen molar-refractivity contribution in [2.75, 3.05) is 6.26 Å². The highest BCUT2D eigenvalue weighted by atomic mass is 35.5. The molecule has 1 aliphatic rings. The lowest BCUT2D eigenvalue weighted by atomic mass is 9.80. The van der Waals surface area contributed by atoms with Crippen molar-refractivity contribution in [1.29, 1.82) is 5.41 Å². The second kappa shape index (κ2) is 9.58. The number of rotatable bonds is 2. The summed E-state index contributed by atoms with van der Waals surface area (Å²) in [4.78, 5) is 0. The lowest BCUT2D eigenvalue weighted by Crippen LogP contribution is -2.31. The quantitative estimate of drug-likeness (QED) is 0.224. The van der Waals surface area contributed by atoms with Crippen LogP contribution in [0.3, 0.4) is 0 Å². The van der Waals surface area contributed by atoms with Gasteiger partial charge in [0.2, 0.25) is 5.96 Å². The van der Waals surface area contributed by atoms with Crippen LogP contribution in [-0.4, -0.2) is 41.1 Å². The Bertz CT molecular complexity index is 1100. The van der Waals surface area contributed by atoms with E-state index in [0.717, 1.165) is 5.56 Å². The van der Waals surface area contributed by atoms with Gasteiger partial charge >= 0.3 is 6.18 Å². The fourth-order valence-electron chi connectivity index (χ4n) is 3.00. The number of fused-ring (bicyclic) bond motifs is 1. The number of nitrogens with zero attached hydrogens (tertiary/aromatic N) is 3.